The minimum absolute atomic E-state index is 0.446. The number of carbonyl (C=O) groups is 1. The molecule has 0 fully saturated rings. The van der Waals surface area contributed by atoms with Crippen LogP contribution in [0.3, 0.4) is 0 Å². The maximum atomic E-state index is 10.6. The second-order valence-corrected chi connectivity index (χ2v) is 2.23. The summed E-state index contributed by atoms with van der Waals surface area (Å²) in [6.45, 7) is 0. The summed E-state index contributed by atoms with van der Waals surface area (Å²) in [4.78, 5) is 36.1. The molecule has 1 amide bonds. The number of nitrogens with zero attached hydrogens (tertiary/aromatic N) is 2. The number of thioether (sulfide) groups is 1. The summed E-state index contributed by atoms with van der Waals surface area (Å²) >= 11 is 0.875. The molecular formula is C5H5N3O3S. The van der Waals surface area contributed by atoms with Crippen LogP contribution in [-0.2, 0) is 9.59 Å². The number of amides is 1. The van der Waals surface area contributed by atoms with Gasteiger partial charge in [0.15, 0.2) is 0 Å². The van der Waals surface area contributed by atoms with Crippen molar-refractivity contribution in [1.29, 1.82) is 0 Å². The van der Waals surface area contributed by atoms with Crippen molar-refractivity contribution in [1.82, 2.24) is 5.32 Å². The van der Waals surface area contributed by atoms with Crippen molar-refractivity contribution >= 4 is 29.2 Å². The third kappa shape index (κ3) is 4.40. The minimum atomic E-state index is -1.21. The first-order valence-electron chi connectivity index (χ1n) is 2.73. The van der Waals surface area contributed by atoms with E-state index in [1.54, 1.807) is 0 Å². The fourth-order valence-electron chi connectivity index (χ4n) is 0.358. The van der Waals surface area contributed by atoms with Crippen LogP contribution in [-0.4, -0.2) is 29.9 Å². The predicted octanol–water partition coefficient (Wildman–Crippen LogP) is 0.0142. The third-order valence-corrected chi connectivity index (χ3v) is 1.27. The molecule has 0 aromatic heterocycles. The van der Waals surface area contributed by atoms with E-state index < -0.39 is 11.5 Å². The van der Waals surface area contributed by atoms with Crippen LogP contribution in [0, 0.1) is 0 Å². The Kier molecular flexibility index (Phi) is 5.55. The lowest BCUT2D eigenvalue weighted by molar-refractivity contribution is 0.258. The topological polar surface area (TPSA) is 88.0 Å². The molecule has 0 aromatic rings. The highest BCUT2D eigenvalue weighted by Gasteiger charge is 2.06. The van der Waals surface area contributed by atoms with Crippen LogP contribution < -0.4 is 5.32 Å². The summed E-state index contributed by atoms with van der Waals surface area (Å²) in [6.07, 6.45) is 2.64. The summed E-state index contributed by atoms with van der Waals surface area (Å²) in [7, 11) is 0. The first-order chi connectivity index (χ1) is 5.74. The van der Waals surface area contributed by atoms with Crippen LogP contribution in [0.1, 0.15) is 0 Å². The van der Waals surface area contributed by atoms with Crippen LogP contribution in [0.15, 0.2) is 9.98 Å². The molecule has 0 aliphatic carbocycles. The standard InChI is InChI=1S/C5H5N3O3S/c1-12-5(11)8-4(6-2-9)7-3-10/h4H,1H3,(H,8,11). The molecule has 0 rings (SSSR count). The monoisotopic (exact) mass is 187 g/mol. The molecule has 0 saturated carbocycles. The normalized spacial score (nSPS) is 10.4. The molecule has 0 aromatic carbocycles. The highest BCUT2D eigenvalue weighted by Crippen LogP contribution is 1.95. The van der Waals surface area contributed by atoms with Crippen LogP contribution in [0.4, 0.5) is 4.79 Å². The average molecular weight is 187 g/mol. The van der Waals surface area contributed by atoms with E-state index in [1.807, 2.05) is 0 Å². The molecule has 0 unspecified atom stereocenters. The van der Waals surface area contributed by atoms with E-state index >= 15 is 0 Å². The van der Waals surface area contributed by atoms with Crippen molar-refractivity contribution in [2.45, 2.75) is 6.29 Å². The summed E-state index contributed by atoms with van der Waals surface area (Å²) in [5.41, 5.74) is 0. The number of rotatable bonds is 3. The molecule has 0 spiro atoms. The van der Waals surface area contributed by atoms with Gasteiger partial charge in [0.1, 0.15) is 0 Å². The second kappa shape index (κ2) is 6.30. The van der Waals surface area contributed by atoms with Crippen molar-refractivity contribution in [3.05, 3.63) is 0 Å². The van der Waals surface area contributed by atoms with E-state index in [-0.39, 0.29) is 0 Å². The first kappa shape index (κ1) is 10.6. The van der Waals surface area contributed by atoms with E-state index in [0.29, 0.717) is 0 Å². The Labute approximate surface area is 72.1 Å². The second-order valence-electron chi connectivity index (χ2n) is 1.45. The summed E-state index contributed by atoms with van der Waals surface area (Å²) in [5.74, 6) is 0. The molecule has 6 nitrogen and oxygen atoms in total. The number of isocyanates is 2. The van der Waals surface area contributed by atoms with Gasteiger partial charge in [-0.05, 0) is 6.26 Å². The zero-order valence-electron chi connectivity index (χ0n) is 6.10. The highest BCUT2D eigenvalue weighted by atomic mass is 32.2. The van der Waals surface area contributed by atoms with Gasteiger partial charge >= 0.3 is 0 Å². The molecule has 0 heterocycles. The van der Waals surface area contributed by atoms with Gasteiger partial charge in [-0.2, -0.15) is 9.98 Å². The zero-order chi connectivity index (χ0) is 9.40. The summed E-state index contributed by atoms with van der Waals surface area (Å²) < 4.78 is 0. The molecule has 0 atom stereocenters. The van der Waals surface area contributed by atoms with Gasteiger partial charge in [0.05, 0.1) is 0 Å². The predicted molar refractivity (Wildman–Crippen MR) is 42.1 cm³/mol. The lowest BCUT2D eigenvalue weighted by Gasteiger charge is -2.02. The Hall–Kier alpha value is -1.42. The molecule has 0 radical (unpaired) electrons. The third-order valence-electron chi connectivity index (χ3n) is 0.782. The van der Waals surface area contributed by atoms with Gasteiger partial charge in [-0.3, -0.25) is 4.79 Å². The van der Waals surface area contributed by atoms with Crippen LogP contribution in [0.2, 0.25) is 0 Å². The van der Waals surface area contributed by atoms with Crippen LogP contribution >= 0.6 is 11.8 Å². The SMILES string of the molecule is CSC(=O)NC(N=C=O)N=C=O. The van der Waals surface area contributed by atoms with Crippen LogP contribution in [0.25, 0.3) is 0 Å². The smallest absolute Gasteiger partial charge is 0.281 e. The molecular weight excluding hydrogens is 182 g/mol. The summed E-state index contributed by atoms with van der Waals surface area (Å²) in [6, 6.07) is 0. The van der Waals surface area contributed by atoms with E-state index in [2.05, 4.69) is 15.3 Å². The lowest BCUT2D eigenvalue weighted by Crippen LogP contribution is -2.28. The number of aliphatic imine (C=N–C) groups is 2. The first-order valence-corrected chi connectivity index (χ1v) is 3.95. The van der Waals surface area contributed by atoms with Crippen molar-refractivity contribution in [3.8, 4) is 0 Å². The number of carbonyl (C=O) groups excluding carboxylic acids is 3. The van der Waals surface area contributed by atoms with Crippen molar-refractivity contribution in [2.75, 3.05) is 6.26 Å². The average Bonchev–Trinajstić information content (AvgIpc) is 2.05. The highest BCUT2D eigenvalue weighted by molar-refractivity contribution is 8.12. The molecule has 12 heavy (non-hydrogen) atoms. The molecule has 0 saturated heterocycles. The van der Waals surface area contributed by atoms with E-state index in [4.69, 9.17) is 0 Å². The Balaban J connectivity index is 4.22. The minimum Gasteiger partial charge on any atom is -0.305 e. The quantitative estimate of drug-likeness (QED) is 0.498. The van der Waals surface area contributed by atoms with Gasteiger partial charge in [0, 0.05) is 0 Å². The largest absolute Gasteiger partial charge is 0.305 e. The molecule has 0 aliphatic heterocycles. The molecule has 0 aliphatic rings. The molecule has 1 N–H and O–H groups in total. The number of nitrogens with one attached hydrogen (secondary N) is 1. The Bertz CT molecular complexity index is 237. The van der Waals surface area contributed by atoms with Gasteiger partial charge < -0.3 is 5.32 Å². The van der Waals surface area contributed by atoms with Gasteiger partial charge in [-0.25, -0.2) is 9.59 Å². The number of hydrogen-bond acceptors (Lipinski definition) is 6. The Morgan fingerprint density at radius 3 is 2.25 bits per heavy atom. The number of hydrogen-bond donors (Lipinski definition) is 1. The van der Waals surface area contributed by atoms with E-state index in [1.165, 1.54) is 6.26 Å². The van der Waals surface area contributed by atoms with Crippen molar-refractivity contribution in [3.63, 3.8) is 0 Å². The van der Waals surface area contributed by atoms with Gasteiger partial charge in [0.25, 0.3) is 5.24 Å². The summed E-state index contributed by atoms with van der Waals surface area (Å²) in [5, 5.41) is 1.69. The Morgan fingerprint density at radius 2 is 1.92 bits per heavy atom. The zero-order valence-corrected chi connectivity index (χ0v) is 6.92. The fourth-order valence-corrected chi connectivity index (χ4v) is 0.581. The van der Waals surface area contributed by atoms with Gasteiger partial charge in [0.2, 0.25) is 18.4 Å². The molecule has 0 bridgehead atoms. The Morgan fingerprint density at radius 1 is 1.42 bits per heavy atom. The van der Waals surface area contributed by atoms with Crippen molar-refractivity contribution in [2.24, 2.45) is 9.98 Å². The van der Waals surface area contributed by atoms with Gasteiger partial charge in [-0.15, -0.1) is 0 Å². The van der Waals surface area contributed by atoms with E-state index in [9.17, 15) is 14.4 Å². The maximum absolute atomic E-state index is 10.6. The fraction of sp³-hybridized carbons (Fsp3) is 0.400. The maximum Gasteiger partial charge on any atom is 0.281 e. The molecule has 7 heteroatoms. The lowest BCUT2D eigenvalue weighted by atomic mass is 10.8. The van der Waals surface area contributed by atoms with Crippen LogP contribution in [0.5, 0.6) is 0 Å². The van der Waals surface area contributed by atoms with E-state index in [0.717, 1.165) is 23.9 Å². The van der Waals surface area contributed by atoms with Crippen molar-refractivity contribution < 1.29 is 14.4 Å². The van der Waals surface area contributed by atoms with Gasteiger partial charge in [-0.1, -0.05) is 11.8 Å². The molecule has 64 valence electrons.